The molecule has 0 radical (unpaired) electrons. The number of hydrogen-bond acceptors (Lipinski definition) is 3. The number of carbonyl (C=O) groups is 1. The Morgan fingerprint density at radius 2 is 1.62 bits per heavy atom. The third-order valence-corrected chi connectivity index (χ3v) is 5.58. The number of hydrogen-bond donors (Lipinski definition) is 1. The molecule has 0 atom stereocenters. The molecule has 1 aliphatic carbocycles. The van der Waals surface area contributed by atoms with E-state index in [0.717, 1.165) is 57.0 Å². The van der Waals surface area contributed by atoms with Gasteiger partial charge in [-0.15, -0.1) is 0 Å². The van der Waals surface area contributed by atoms with Crippen LogP contribution in [-0.2, 0) is 17.9 Å². The van der Waals surface area contributed by atoms with Gasteiger partial charge in [0, 0.05) is 39.1 Å². The Morgan fingerprint density at radius 1 is 1.00 bits per heavy atom. The van der Waals surface area contributed by atoms with E-state index in [4.69, 9.17) is 5.11 Å². The number of rotatable bonds is 6. The highest BCUT2D eigenvalue weighted by Gasteiger charge is 2.22. The Balaban J connectivity index is 1.38. The third-order valence-electron chi connectivity index (χ3n) is 5.58. The van der Waals surface area contributed by atoms with E-state index < -0.39 is 0 Å². The molecular weight excluding hydrogens is 300 g/mol. The van der Waals surface area contributed by atoms with Gasteiger partial charge in [0.15, 0.2) is 0 Å². The monoisotopic (exact) mass is 330 g/mol. The molecule has 2 aliphatic rings. The molecule has 4 nitrogen and oxygen atoms in total. The van der Waals surface area contributed by atoms with Crippen molar-refractivity contribution in [3.8, 4) is 0 Å². The molecule has 1 aliphatic heterocycles. The quantitative estimate of drug-likeness (QED) is 0.872. The first-order valence-electron chi connectivity index (χ1n) is 9.43. The molecule has 1 N–H and O–H groups in total. The van der Waals surface area contributed by atoms with Crippen LogP contribution in [-0.4, -0.2) is 47.0 Å². The number of aliphatic hydroxyl groups is 1. The molecular formula is C20H30N2O2. The molecule has 1 heterocycles. The lowest BCUT2D eigenvalue weighted by Gasteiger charge is -2.35. The zero-order valence-electron chi connectivity index (χ0n) is 14.6. The third kappa shape index (κ3) is 4.81. The fourth-order valence-electron chi connectivity index (χ4n) is 3.95. The summed E-state index contributed by atoms with van der Waals surface area (Å²) in [5.74, 6) is 1.16. The van der Waals surface area contributed by atoms with Crippen LogP contribution in [0.3, 0.4) is 0 Å². The lowest BCUT2D eigenvalue weighted by Crippen LogP contribution is -2.48. The van der Waals surface area contributed by atoms with Crippen molar-refractivity contribution in [2.75, 3.05) is 26.2 Å². The molecule has 1 saturated heterocycles. The number of benzene rings is 1. The zero-order chi connectivity index (χ0) is 16.8. The zero-order valence-corrected chi connectivity index (χ0v) is 14.6. The van der Waals surface area contributed by atoms with E-state index in [-0.39, 0.29) is 6.61 Å². The van der Waals surface area contributed by atoms with E-state index in [1.165, 1.54) is 31.2 Å². The van der Waals surface area contributed by atoms with Crippen molar-refractivity contribution >= 4 is 5.91 Å². The van der Waals surface area contributed by atoms with Gasteiger partial charge in [-0.2, -0.15) is 0 Å². The molecule has 2 fully saturated rings. The van der Waals surface area contributed by atoms with Gasteiger partial charge in [-0.1, -0.05) is 49.9 Å². The smallest absolute Gasteiger partial charge is 0.222 e. The van der Waals surface area contributed by atoms with Gasteiger partial charge in [-0.3, -0.25) is 9.69 Å². The maximum Gasteiger partial charge on any atom is 0.222 e. The summed E-state index contributed by atoms with van der Waals surface area (Å²) in [5.41, 5.74) is 2.23. The molecule has 1 aromatic rings. The SMILES string of the molecule is O=C(CCC1CCCC1)N1CCN(Cc2ccc(CO)cc2)CC1. The molecule has 1 saturated carbocycles. The number of carbonyl (C=O) groups excluding carboxylic acids is 1. The van der Waals surface area contributed by atoms with Crippen molar-refractivity contribution in [1.82, 2.24) is 9.80 Å². The summed E-state index contributed by atoms with van der Waals surface area (Å²) >= 11 is 0. The van der Waals surface area contributed by atoms with Gasteiger partial charge in [0.05, 0.1) is 6.61 Å². The van der Waals surface area contributed by atoms with Crippen molar-refractivity contribution in [1.29, 1.82) is 0 Å². The lowest BCUT2D eigenvalue weighted by molar-refractivity contribution is -0.133. The summed E-state index contributed by atoms with van der Waals surface area (Å²) in [5, 5.41) is 9.10. The van der Waals surface area contributed by atoms with E-state index >= 15 is 0 Å². The first kappa shape index (κ1) is 17.4. The van der Waals surface area contributed by atoms with Crippen molar-refractivity contribution in [2.45, 2.75) is 51.7 Å². The number of aliphatic hydroxyl groups excluding tert-OH is 1. The average Bonchev–Trinajstić information content (AvgIpc) is 3.14. The Hall–Kier alpha value is -1.39. The second kappa shape index (κ2) is 8.63. The molecule has 132 valence electrons. The van der Waals surface area contributed by atoms with Gasteiger partial charge < -0.3 is 10.0 Å². The maximum absolute atomic E-state index is 12.4. The van der Waals surface area contributed by atoms with Crippen LogP contribution in [0.5, 0.6) is 0 Å². The molecule has 24 heavy (non-hydrogen) atoms. The largest absolute Gasteiger partial charge is 0.392 e. The van der Waals surface area contributed by atoms with Crippen LogP contribution < -0.4 is 0 Å². The van der Waals surface area contributed by atoms with E-state index in [9.17, 15) is 4.79 Å². The highest BCUT2D eigenvalue weighted by molar-refractivity contribution is 5.76. The van der Waals surface area contributed by atoms with Crippen molar-refractivity contribution in [3.63, 3.8) is 0 Å². The minimum Gasteiger partial charge on any atom is -0.392 e. The first-order valence-corrected chi connectivity index (χ1v) is 9.43. The summed E-state index contributed by atoms with van der Waals surface area (Å²) in [6, 6.07) is 8.14. The van der Waals surface area contributed by atoms with Crippen molar-refractivity contribution in [3.05, 3.63) is 35.4 Å². The van der Waals surface area contributed by atoms with Crippen LogP contribution in [0.15, 0.2) is 24.3 Å². The number of nitrogens with zero attached hydrogens (tertiary/aromatic N) is 2. The van der Waals surface area contributed by atoms with Gasteiger partial charge in [0.25, 0.3) is 0 Å². The fourth-order valence-corrected chi connectivity index (χ4v) is 3.95. The predicted molar refractivity (Wildman–Crippen MR) is 95.4 cm³/mol. The van der Waals surface area contributed by atoms with Crippen LogP contribution in [0.25, 0.3) is 0 Å². The maximum atomic E-state index is 12.4. The van der Waals surface area contributed by atoms with Gasteiger partial charge in [0.2, 0.25) is 5.91 Å². The predicted octanol–water partition coefficient (Wildman–Crippen LogP) is 2.79. The van der Waals surface area contributed by atoms with E-state index in [0.29, 0.717) is 5.91 Å². The first-order chi connectivity index (χ1) is 11.7. The highest BCUT2D eigenvalue weighted by atomic mass is 16.3. The van der Waals surface area contributed by atoms with E-state index in [2.05, 4.69) is 21.9 Å². The summed E-state index contributed by atoms with van der Waals surface area (Å²) in [7, 11) is 0. The second-order valence-corrected chi connectivity index (χ2v) is 7.32. The normalized spacial score (nSPS) is 19.8. The standard InChI is InChI=1S/C20H30N2O2/c23-16-19-7-5-18(6-8-19)15-21-11-13-22(14-12-21)20(24)10-9-17-3-1-2-4-17/h5-8,17,23H,1-4,9-16H2. The van der Waals surface area contributed by atoms with Gasteiger partial charge in [-0.05, 0) is 23.5 Å². The molecule has 0 aromatic heterocycles. The Morgan fingerprint density at radius 3 is 2.25 bits per heavy atom. The van der Waals surface area contributed by atoms with Crippen LogP contribution in [0.2, 0.25) is 0 Å². The second-order valence-electron chi connectivity index (χ2n) is 7.32. The van der Waals surface area contributed by atoms with Crippen LogP contribution >= 0.6 is 0 Å². The molecule has 0 bridgehead atoms. The Kier molecular flexibility index (Phi) is 6.27. The molecule has 4 heteroatoms. The van der Waals surface area contributed by atoms with Crippen molar-refractivity contribution < 1.29 is 9.90 Å². The number of piperazine rings is 1. The number of amides is 1. The minimum atomic E-state index is 0.0991. The van der Waals surface area contributed by atoms with Crippen LogP contribution in [0.1, 0.15) is 49.7 Å². The molecule has 1 aromatic carbocycles. The molecule has 0 unspecified atom stereocenters. The Labute approximate surface area is 145 Å². The molecule has 1 amide bonds. The minimum absolute atomic E-state index is 0.0991. The van der Waals surface area contributed by atoms with Crippen LogP contribution in [0.4, 0.5) is 0 Å². The summed E-state index contributed by atoms with van der Waals surface area (Å²) < 4.78 is 0. The Bertz CT molecular complexity index is 515. The van der Waals surface area contributed by atoms with E-state index in [1.54, 1.807) is 0 Å². The summed E-state index contributed by atoms with van der Waals surface area (Å²) in [6.45, 7) is 4.65. The van der Waals surface area contributed by atoms with Gasteiger partial charge in [0.1, 0.15) is 0 Å². The molecule has 3 rings (SSSR count). The van der Waals surface area contributed by atoms with E-state index in [1.807, 2.05) is 12.1 Å². The average molecular weight is 330 g/mol. The topological polar surface area (TPSA) is 43.8 Å². The fraction of sp³-hybridized carbons (Fsp3) is 0.650. The lowest BCUT2D eigenvalue weighted by atomic mass is 10.0. The highest BCUT2D eigenvalue weighted by Crippen LogP contribution is 2.28. The van der Waals surface area contributed by atoms with Crippen LogP contribution in [0, 0.1) is 5.92 Å². The van der Waals surface area contributed by atoms with Gasteiger partial charge >= 0.3 is 0 Å². The molecule has 0 spiro atoms. The summed E-state index contributed by atoms with van der Waals surface area (Å²) in [4.78, 5) is 16.8. The van der Waals surface area contributed by atoms with Crippen molar-refractivity contribution in [2.24, 2.45) is 5.92 Å². The van der Waals surface area contributed by atoms with Gasteiger partial charge in [-0.25, -0.2) is 0 Å². The summed E-state index contributed by atoms with van der Waals surface area (Å²) in [6.07, 6.45) is 7.21.